The highest BCUT2D eigenvalue weighted by molar-refractivity contribution is 9.10. The summed E-state index contributed by atoms with van der Waals surface area (Å²) in [6.45, 7) is 7.00. The average Bonchev–Trinajstić information content (AvgIpc) is 2.13. The number of hydrogen-bond donors (Lipinski definition) is 1. The van der Waals surface area contributed by atoms with Crippen LogP contribution in [0, 0.1) is 11.3 Å². The van der Waals surface area contributed by atoms with Gasteiger partial charge in [-0.05, 0) is 30.0 Å². The summed E-state index contributed by atoms with van der Waals surface area (Å²) in [6.07, 6.45) is 1.20. The second kappa shape index (κ2) is 4.26. The van der Waals surface area contributed by atoms with Crippen LogP contribution in [0.15, 0.2) is 28.7 Å². The summed E-state index contributed by atoms with van der Waals surface area (Å²) in [7, 11) is 0. The van der Waals surface area contributed by atoms with Crippen LogP contribution in [0.3, 0.4) is 0 Å². The lowest BCUT2D eigenvalue weighted by molar-refractivity contribution is 0.0995. The molecule has 0 amide bonds. The van der Waals surface area contributed by atoms with Crippen LogP contribution in [0.1, 0.15) is 19.4 Å². The Morgan fingerprint density at radius 1 is 1.27 bits per heavy atom. The molecule has 1 saturated heterocycles. The van der Waals surface area contributed by atoms with Crippen LogP contribution in [-0.2, 0) is 6.42 Å². The predicted molar refractivity (Wildman–Crippen MR) is 68.0 cm³/mol. The van der Waals surface area contributed by atoms with Crippen LogP contribution < -0.4 is 5.32 Å². The molecule has 1 fully saturated rings. The van der Waals surface area contributed by atoms with E-state index in [1.165, 1.54) is 25.1 Å². The molecular formula is C13H18BrN. The third kappa shape index (κ3) is 2.26. The molecule has 1 aromatic rings. The van der Waals surface area contributed by atoms with Crippen molar-refractivity contribution in [3.63, 3.8) is 0 Å². The van der Waals surface area contributed by atoms with Gasteiger partial charge in [0.25, 0.3) is 0 Å². The topological polar surface area (TPSA) is 12.0 Å². The van der Waals surface area contributed by atoms with Gasteiger partial charge in [0.1, 0.15) is 0 Å². The van der Waals surface area contributed by atoms with Crippen molar-refractivity contribution < 1.29 is 0 Å². The van der Waals surface area contributed by atoms with E-state index in [-0.39, 0.29) is 0 Å². The smallest absolute Gasteiger partial charge is 0.0175 e. The zero-order chi connectivity index (χ0) is 10.9. The fraction of sp³-hybridized carbons (Fsp3) is 0.538. The minimum Gasteiger partial charge on any atom is -0.315 e. The number of hydrogen-bond acceptors (Lipinski definition) is 1. The molecule has 2 heteroatoms. The monoisotopic (exact) mass is 267 g/mol. The number of rotatable bonds is 3. The molecule has 0 aromatic heterocycles. The summed E-state index contributed by atoms with van der Waals surface area (Å²) < 4.78 is 1.16. The summed E-state index contributed by atoms with van der Waals surface area (Å²) >= 11 is 3.47. The lowest BCUT2D eigenvalue weighted by Crippen LogP contribution is -2.57. The molecule has 1 heterocycles. The van der Waals surface area contributed by atoms with Gasteiger partial charge in [-0.3, -0.25) is 0 Å². The quantitative estimate of drug-likeness (QED) is 0.887. The molecule has 0 atom stereocenters. The van der Waals surface area contributed by atoms with E-state index >= 15 is 0 Å². The van der Waals surface area contributed by atoms with E-state index in [0.29, 0.717) is 5.41 Å². The van der Waals surface area contributed by atoms with Crippen molar-refractivity contribution in [1.29, 1.82) is 0 Å². The Morgan fingerprint density at radius 2 is 1.87 bits per heavy atom. The van der Waals surface area contributed by atoms with Crippen molar-refractivity contribution in [2.75, 3.05) is 13.1 Å². The summed E-state index contributed by atoms with van der Waals surface area (Å²) in [5.74, 6) is 0.752. The van der Waals surface area contributed by atoms with E-state index in [9.17, 15) is 0 Å². The molecule has 0 unspecified atom stereocenters. The van der Waals surface area contributed by atoms with Crippen LogP contribution >= 0.6 is 15.9 Å². The Bertz CT molecular complexity index is 325. The van der Waals surface area contributed by atoms with Gasteiger partial charge in [-0.15, -0.1) is 0 Å². The maximum absolute atomic E-state index is 3.47. The summed E-state index contributed by atoms with van der Waals surface area (Å²) in [5.41, 5.74) is 1.95. The van der Waals surface area contributed by atoms with Crippen molar-refractivity contribution in [2.45, 2.75) is 20.3 Å². The number of benzene rings is 1. The Balaban J connectivity index is 2.10. The van der Waals surface area contributed by atoms with E-state index in [1.54, 1.807) is 0 Å². The molecule has 0 radical (unpaired) electrons. The van der Waals surface area contributed by atoms with Crippen molar-refractivity contribution in [3.05, 3.63) is 34.3 Å². The summed E-state index contributed by atoms with van der Waals surface area (Å²) in [4.78, 5) is 0. The van der Waals surface area contributed by atoms with Gasteiger partial charge >= 0.3 is 0 Å². The molecule has 1 aromatic carbocycles. The summed E-state index contributed by atoms with van der Waals surface area (Å²) in [5, 5.41) is 3.41. The summed E-state index contributed by atoms with van der Waals surface area (Å²) in [6, 6.07) is 8.73. The number of halogens is 1. The SMILES string of the molecule is CC(C)C1(Cc2ccc(Br)cc2)CNC1. The third-order valence-electron chi connectivity index (χ3n) is 3.65. The van der Waals surface area contributed by atoms with Crippen LogP contribution in [0.4, 0.5) is 0 Å². The van der Waals surface area contributed by atoms with Crippen LogP contribution in [0.5, 0.6) is 0 Å². The van der Waals surface area contributed by atoms with Crippen LogP contribution in [-0.4, -0.2) is 13.1 Å². The minimum absolute atomic E-state index is 0.494. The standard InChI is InChI=1S/C13H18BrN/c1-10(2)13(8-15-9-13)7-11-3-5-12(14)6-4-11/h3-6,10,15H,7-9H2,1-2H3. The molecule has 2 rings (SSSR count). The van der Waals surface area contributed by atoms with E-state index < -0.39 is 0 Å². The number of nitrogens with one attached hydrogen (secondary N) is 1. The second-order valence-corrected chi connectivity index (χ2v) is 5.84. The molecule has 1 aliphatic rings. The first-order valence-electron chi connectivity index (χ1n) is 5.58. The van der Waals surface area contributed by atoms with E-state index in [4.69, 9.17) is 0 Å². The van der Waals surface area contributed by atoms with Crippen LogP contribution in [0.2, 0.25) is 0 Å². The Labute approximate surface area is 100 Å². The van der Waals surface area contributed by atoms with Gasteiger partial charge in [-0.2, -0.15) is 0 Å². The lowest BCUT2D eigenvalue weighted by Gasteiger charge is -2.46. The van der Waals surface area contributed by atoms with Gasteiger partial charge < -0.3 is 5.32 Å². The van der Waals surface area contributed by atoms with Gasteiger partial charge in [0.2, 0.25) is 0 Å². The highest BCUT2D eigenvalue weighted by atomic mass is 79.9. The Kier molecular flexibility index (Phi) is 3.17. The molecule has 0 saturated carbocycles. The zero-order valence-corrected chi connectivity index (χ0v) is 11.0. The molecule has 0 spiro atoms. The largest absolute Gasteiger partial charge is 0.315 e. The van der Waals surface area contributed by atoms with Crippen molar-refractivity contribution in [1.82, 2.24) is 5.32 Å². The minimum atomic E-state index is 0.494. The maximum atomic E-state index is 3.47. The lowest BCUT2D eigenvalue weighted by atomic mass is 9.68. The fourth-order valence-corrected chi connectivity index (χ4v) is 2.46. The van der Waals surface area contributed by atoms with Crippen LogP contribution in [0.25, 0.3) is 0 Å². The molecule has 0 bridgehead atoms. The van der Waals surface area contributed by atoms with Gasteiger partial charge in [0, 0.05) is 23.0 Å². The van der Waals surface area contributed by atoms with Gasteiger partial charge in [-0.25, -0.2) is 0 Å². The van der Waals surface area contributed by atoms with E-state index in [1.807, 2.05) is 0 Å². The fourth-order valence-electron chi connectivity index (χ4n) is 2.19. The molecule has 0 aliphatic carbocycles. The van der Waals surface area contributed by atoms with E-state index in [0.717, 1.165) is 10.4 Å². The highest BCUT2D eigenvalue weighted by Gasteiger charge is 2.39. The second-order valence-electron chi connectivity index (χ2n) is 4.92. The van der Waals surface area contributed by atoms with Crippen molar-refractivity contribution >= 4 is 15.9 Å². The molecular weight excluding hydrogens is 250 g/mol. The third-order valence-corrected chi connectivity index (χ3v) is 4.18. The highest BCUT2D eigenvalue weighted by Crippen LogP contribution is 2.35. The van der Waals surface area contributed by atoms with Crippen molar-refractivity contribution in [2.24, 2.45) is 11.3 Å². The zero-order valence-electron chi connectivity index (χ0n) is 9.39. The normalized spacial score (nSPS) is 18.9. The molecule has 1 N–H and O–H groups in total. The molecule has 1 nitrogen and oxygen atoms in total. The molecule has 1 aliphatic heterocycles. The molecule has 15 heavy (non-hydrogen) atoms. The van der Waals surface area contributed by atoms with Gasteiger partial charge in [0.05, 0.1) is 0 Å². The van der Waals surface area contributed by atoms with Gasteiger partial charge in [0.15, 0.2) is 0 Å². The Hall–Kier alpha value is -0.340. The Morgan fingerprint density at radius 3 is 2.27 bits per heavy atom. The van der Waals surface area contributed by atoms with Crippen molar-refractivity contribution in [3.8, 4) is 0 Å². The first-order chi connectivity index (χ1) is 7.12. The maximum Gasteiger partial charge on any atom is 0.0175 e. The molecule has 82 valence electrons. The van der Waals surface area contributed by atoms with E-state index in [2.05, 4.69) is 59.4 Å². The first-order valence-corrected chi connectivity index (χ1v) is 6.37. The average molecular weight is 268 g/mol. The van der Waals surface area contributed by atoms with Gasteiger partial charge in [-0.1, -0.05) is 41.9 Å². The first kappa shape index (κ1) is 11.2. The predicted octanol–water partition coefficient (Wildman–Crippen LogP) is 3.24.